The van der Waals surface area contributed by atoms with Crippen LogP contribution < -0.4 is 5.32 Å². The molecule has 0 aromatic heterocycles. The van der Waals surface area contributed by atoms with Crippen LogP contribution in [-0.2, 0) is 13.1 Å². The Hall–Kier alpha value is -1.94. The van der Waals surface area contributed by atoms with Crippen molar-refractivity contribution >= 4 is 0 Å². The second-order valence-electron chi connectivity index (χ2n) is 3.97. The van der Waals surface area contributed by atoms with Crippen LogP contribution in [0.1, 0.15) is 11.1 Å². The number of rotatable bonds is 4. The highest BCUT2D eigenvalue weighted by Crippen LogP contribution is 2.15. The Morgan fingerprint density at radius 2 is 1.67 bits per heavy atom. The molecule has 0 aliphatic rings. The highest BCUT2D eigenvalue weighted by atomic mass is 19.1. The minimum Gasteiger partial charge on any atom is -0.508 e. The van der Waals surface area contributed by atoms with E-state index in [0.29, 0.717) is 12.1 Å². The fourth-order valence-electron chi connectivity index (χ4n) is 1.67. The van der Waals surface area contributed by atoms with Gasteiger partial charge in [-0.05, 0) is 24.3 Å². The number of hydrogen-bond acceptors (Lipinski definition) is 2. The molecule has 0 atom stereocenters. The molecule has 0 radical (unpaired) electrons. The fourth-order valence-corrected chi connectivity index (χ4v) is 1.67. The van der Waals surface area contributed by atoms with Gasteiger partial charge in [-0.25, -0.2) is 8.78 Å². The summed E-state index contributed by atoms with van der Waals surface area (Å²) < 4.78 is 26.2. The van der Waals surface area contributed by atoms with Gasteiger partial charge in [-0.15, -0.1) is 0 Å². The number of phenols is 1. The van der Waals surface area contributed by atoms with E-state index in [2.05, 4.69) is 5.32 Å². The van der Waals surface area contributed by atoms with Crippen molar-refractivity contribution in [2.24, 2.45) is 0 Å². The third-order valence-corrected chi connectivity index (χ3v) is 2.63. The molecule has 0 aliphatic heterocycles. The summed E-state index contributed by atoms with van der Waals surface area (Å²) in [7, 11) is 0. The molecule has 0 unspecified atom stereocenters. The summed E-state index contributed by atoms with van der Waals surface area (Å²) in [6.07, 6.45) is 0. The molecule has 4 heteroatoms. The maximum absolute atomic E-state index is 13.3. The molecule has 0 fully saturated rings. The SMILES string of the molecule is Oc1ccccc1CNCc1cc(F)ccc1F. The highest BCUT2D eigenvalue weighted by Gasteiger charge is 2.04. The first kappa shape index (κ1) is 12.5. The molecule has 2 aromatic carbocycles. The van der Waals surface area contributed by atoms with Gasteiger partial charge in [0.1, 0.15) is 17.4 Å². The van der Waals surface area contributed by atoms with E-state index in [-0.39, 0.29) is 17.9 Å². The zero-order valence-electron chi connectivity index (χ0n) is 9.66. The zero-order valence-corrected chi connectivity index (χ0v) is 9.66. The zero-order chi connectivity index (χ0) is 13.0. The average Bonchev–Trinajstić information content (AvgIpc) is 2.36. The van der Waals surface area contributed by atoms with Crippen LogP contribution in [0.3, 0.4) is 0 Å². The van der Waals surface area contributed by atoms with Gasteiger partial charge >= 0.3 is 0 Å². The van der Waals surface area contributed by atoms with Crippen molar-refractivity contribution in [2.45, 2.75) is 13.1 Å². The van der Waals surface area contributed by atoms with Gasteiger partial charge in [-0.2, -0.15) is 0 Å². The van der Waals surface area contributed by atoms with E-state index < -0.39 is 11.6 Å². The van der Waals surface area contributed by atoms with Gasteiger partial charge < -0.3 is 10.4 Å². The van der Waals surface area contributed by atoms with Gasteiger partial charge in [-0.3, -0.25) is 0 Å². The number of para-hydroxylation sites is 1. The third-order valence-electron chi connectivity index (χ3n) is 2.63. The number of nitrogens with one attached hydrogen (secondary N) is 1. The summed E-state index contributed by atoms with van der Waals surface area (Å²) in [6.45, 7) is 0.598. The van der Waals surface area contributed by atoms with E-state index in [1.165, 1.54) is 0 Å². The largest absolute Gasteiger partial charge is 0.508 e. The van der Waals surface area contributed by atoms with Crippen LogP contribution in [0.25, 0.3) is 0 Å². The van der Waals surface area contributed by atoms with Crippen LogP contribution in [0.15, 0.2) is 42.5 Å². The summed E-state index contributed by atoms with van der Waals surface area (Å²) in [5.74, 6) is -0.721. The van der Waals surface area contributed by atoms with Crippen LogP contribution in [0.4, 0.5) is 8.78 Å². The summed E-state index contributed by atoms with van der Waals surface area (Å²) in [5, 5.41) is 12.5. The Morgan fingerprint density at radius 1 is 0.944 bits per heavy atom. The Bertz CT molecular complexity index is 543. The van der Waals surface area contributed by atoms with Crippen LogP contribution in [0, 0.1) is 11.6 Å². The van der Waals surface area contributed by atoms with E-state index in [1.54, 1.807) is 24.3 Å². The molecular weight excluding hydrogens is 236 g/mol. The number of halogens is 2. The molecule has 0 heterocycles. The quantitative estimate of drug-likeness (QED) is 0.873. The number of aromatic hydroxyl groups is 1. The van der Waals surface area contributed by atoms with Crippen molar-refractivity contribution in [3.05, 3.63) is 65.2 Å². The first-order chi connectivity index (χ1) is 8.66. The van der Waals surface area contributed by atoms with E-state index in [9.17, 15) is 13.9 Å². The lowest BCUT2D eigenvalue weighted by Crippen LogP contribution is -2.14. The van der Waals surface area contributed by atoms with Gasteiger partial charge in [0, 0.05) is 24.2 Å². The lowest BCUT2D eigenvalue weighted by Gasteiger charge is -2.07. The van der Waals surface area contributed by atoms with Crippen molar-refractivity contribution in [3.8, 4) is 5.75 Å². The second kappa shape index (κ2) is 5.60. The molecule has 2 nitrogen and oxygen atoms in total. The van der Waals surface area contributed by atoms with Crippen LogP contribution in [0.2, 0.25) is 0 Å². The normalized spacial score (nSPS) is 10.6. The molecule has 18 heavy (non-hydrogen) atoms. The van der Waals surface area contributed by atoms with Crippen molar-refractivity contribution < 1.29 is 13.9 Å². The molecule has 0 aliphatic carbocycles. The van der Waals surface area contributed by atoms with Crippen molar-refractivity contribution in [1.82, 2.24) is 5.32 Å². The van der Waals surface area contributed by atoms with Gasteiger partial charge in [0.05, 0.1) is 0 Å². The lowest BCUT2D eigenvalue weighted by molar-refractivity contribution is 0.464. The Balaban J connectivity index is 1.96. The fraction of sp³-hybridized carbons (Fsp3) is 0.143. The van der Waals surface area contributed by atoms with Crippen molar-refractivity contribution in [1.29, 1.82) is 0 Å². The highest BCUT2D eigenvalue weighted by molar-refractivity contribution is 5.31. The molecule has 0 saturated carbocycles. The Kier molecular flexibility index (Phi) is 3.89. The maximum atomic E-state index is 13.3. The van der Waals surface area contributed by atoms with Gasteiger partial charge in [0.25, 0.3) is 0 Å². The van der Waals surface area contributed by atoms with E-state index in [0.717, 1.165) is 18.2 Å². The molecule has 0 spiro atoms. The second-order valence-corrected chi connectivity index (χ2v) is 3.97. The molecular formula is C14H13F2NO. The molecule has 0 amide bonds. The summed E-state index contributed by atoms with van der Waals surface area (Å²) >= 11 is 0. The molecule has 0 saturated heterocycles. The van der Waals surface area contributed by atoms with Crippen LogP contribution in [0.5, 0.6) is 5.75 Å². The first-order valence-corrected chi connectivity index (χ1v) is 5.58. The predicted octanol–water partition coefficient (Wildman–Crippen LogP) is 2.96. The van der Waals surface area contributed by atoms with Gasteiger partial charge in [0.15, 0.2) is 0 Å². The van der Waals surface area contributed by atoms with E-state index in [1.807, 2.05) is 0 Å². The first-order valence-electron chi connectivity index (χ1n) is 5.58. The standard InChI is InChI=1S/C14H13F2NO/c15-12-5-6-13(16)11(7-12)9-17-8-10-3-1-2-4-14(10)18/h1-7,17-18H,8-9H2. The molecule has 94 valence electrons. The molecule has 2 aromatic rings. The number of benzene rings is 2. The topological polar surface area (TPSA) is 32.3 Å². The van der Waals surface area contributed by atoms with Crippen molar-refractivity contribution in [2.75, 3.05) is 0 Å². The maximum Gasteiger partial charge on any atom is 0.127 e. The summed E-state index contributed by atoms with van der Waals surface area (Å²) in [5.41, 5.74) is 0.986. The van der Waals surface area contributed by atoms with Gasteiger partial charge in [-0.1, -0.05) is 18.2 Å². The number of phenolic OH excluding ortho intramolecular Hbond substituents is 1. The number of hydrogen-bond donors (Lipinski definition) is 2. The molecule has 0 bridgehead atoms. The summed E-state index contributed by atoms with van der Waals surface area (Å²) in [4.78, 5) is 0. The smallest absolute Gasteiger partial charge is 0.127 e. The van der Waals surface area contributed by atoms with E-state index >= 15 is 0 Å². The summed E-state index contributed by atoms with van der Waals surface area (Å²) in [6, 6.07) is 10.2. The van der Waals surface area contributed by atoms with Crippen molar-refractivity contribution in [3.63, 3.8) is 0 Å². The van der Waals surface area contributed by atoms with Gasteiger partial charge in [0.2, 0.25) is 0 Å². The van der Waals surface area contributed by atoms with Crippen LogP contribution in [-0.4, -0.2) is 5.11 Å². The van der Waals surface area contributed by atoms with Crippen LogP contribution >= 0.6 is 0 Å². The Morgan fingerprint density at radius 3 is 2.44 bits per heavy atom. The minimum absolute atomic E-state index is 0.185. The minimum atomic E-state index is -0.462. The average molecular weight is 249 g/mol. The predicted molar refractivity (Wildman–Crippen MR) is 65.0 cm³/mol. The third kappa shape index (κ3) is 3.05. The molecule has 2 N–H and O–H groups in total. The Labute approximate surface area is 104 Å². The molecule has 2 rings (SSSR count). The monoisotopic (exact) mass is 249 g/mol. The van der Waals surface area contributed by atoms with E-state index in [4.69, 9.17) is 0 Å². The lowest BCUT2D eigenvalue weighted by atomic mass is 10.1.